The number of methoxy groups -OCH3 is 1. The van der Waals surface area contributed by atoms with Crippen LogP contribution in [0.1, 0.15) is 51.0 Å². The quantitative estimate of drug-likeness (QED) is 0.354. The Hall–Kier alpha value is -2.26. The fraction of sp³-hybridized carbons (Fsp3) is 0.643. The molecule has 2 aromatic carbocycles. The summed E-state index contributed by atoms with van der Waals surface area (Å²) in [4.78, 5) is 25.6. The van der Waals surface area contributed by atoms with Crippen LogP contribution >= 0.6 is 0 Å². The zero-order chi connectivity index (χ0) is 26.2. The van der Waals surface area contributed by atoms with Crippen LogP contribution in [0.2, 0.25) is 0 Å². The number of nitrogens with two attached hydrogens (primary N) is 1. The van der Waals surface area contributed by atoms with Crippen molar-refractivity contribution in [3.63, 3.8) is 0 Å². The number of aliphatic hydroxyl groups excluding tert-OH is 1. The molecule has 2 fully saturated rings. The number of nitrogens with zero attached hydrogens (tertiary/aromatic N) is 1. The van der Waals surface area contributed by atoms with E-state index in [9.17, 15) is 9.59 Å². The minimum absolute atomic E-state index is 0.0120. The highest BCUT2D eigenvalue weighted by Crippen LogP contribution is 2.23. The second-order valence-corrected chi connectivity index (χ2v) is 9.54. The first-order chi connectivity index (χ1) is 17.5. The Morgan fingerprint density at radius 2 is 1.86 bits per heavy atom. The van der Waals surface area contributed by atoms with Crippen LogP contribution in [0.5, 0.6) is 0 Å². The van der Waals surface area contributed by atoms with Gasteiger partial charge in [0.05, 0.1) is 12.7 Å². The lowest BCUT2D eigenvalue weighted by atomic mass is 9.91. The molecule has 0 aromatic heterocycles. The molecule has 2 aliphatic rings. The summed E-state index contributed by atoms with van der Waals surface area (Å²) >= 11 is 0. The molecule has 1 aliphatic carbocycles. The van der Waals surface area contributed by atoms with Gasteiger partial charge >= 0.3 is 0 Å². The molecule has 8 heteroatoms. The Bertz CT molecular complexity index is 904. The predicted octanol–water partition coefficient (Wildman–Crippen LogP) is 2.70. The van der Waals surface area contributed by atoms with E-state index in [0.29, 0.717) is 50.8 Å². The molecule has 1 heterocycles. The summed E-state index contributed by atoms with van der Waals surface area (Å²) < 4.78 is 10.4. The molecule has 1 saturated carbocycles. The molecule has 202 valence electrons. The number of ether oxygens (including phenoxy) is 2. The van der Waals surface area contributed by atoms with Crippen molar-refractivity contribution >= 4 is 11.4 Å². The standard InChI is InChI=1S/C17H21N3O3.C7H14.C4H10O2/c18-6-7-19-14-15(17(22)16(14)21)20-8-9-23-13(11-20)10-12-4-2-1-3-5-12;1-7-5-3-2-4-6-7;1-6-4-2-3-5/h1-5,13,19H,6-11,18H2;7H,2-6H2,1H3;5H,2-4H2,1H3. The van der Waals surface area contributed by atoms with Gasteiger partial charge in [0.1, 0.15) is 11.4 Å². The second-order valence-electron chi connectivity index (χ2n) is 9.54. The minimum atomic E-state index is -0.445. The first kappa shape index (κ1) is 30.0. The maximum atomic E-state index is 11.9. The Morgan fingerprint density at radius 3 is 2.42 bits per heavy atom. The zero-order valence-corrected chi connectivity index (χ0v) is 22.0. The van der Waals surface area contributed by atoms with Crippen LogP contribution < -0.4 is 26.8 Å². The molecule has 0 radical (unpaired) electrons. The van der Waals surface area contributed by atoms with Gasteiger partial charge in [-0.3, -0.25) is 9.59 Å². The van der Waals surface area contributed by atoms with Crippen molar-refractivity contribution in [3.8, 4) is 0 Å². The number of hydrogen-bond acceptors (Lipinski definition) is 8. The van der Waals surface area contributed by atoms with Crippen LogP contribution in [-0.4, -0.2) is 64.3 Å². The van der Waals surface area contributed by atoms with Crippen LogP contribution in [0.4, 0.5) is 11.4 Å². The fourth-order valence-corrected chi connectivity index (χ4v) is 4.48. The summed E-state index contributed by atoms with van der Waals surface area (Å²) in [5.41, 5.74) is 6.69. The number of aliphatic hydroxyl groups is 1. The van der Waals surface area contributed by atoms with Gasteiger partial charge in [-0.05, 0) is 17.9 Å². The normalized spacial score (nSPS) is 18.1. The maximum absolute atomic E-state index is 11.9. The fourth-order valence-electron chi connectivity index (χ4n) is 4.48. The highest BCUT2D eigenvalue weighted by molar-refractivity contribution is 5.75. The number of rotatable bonds is 9. The summed E-state index contributed by atoms with van der Waals surface area (Å²) in [6.07, 6.45) is 8.99. The third kappa shape index (κ3) is 10.0. The van der Waals surface area contributed by atoms with Crippen molar-refractivity contribution in [1.29, 1.82) is 0 Å². The summed E-state index contributed by atoms with van der Waals surface area (Å²) in [5.74, 6) is 1.04. The highest BCUT2D eigenvalue weighted by atomic mass is 16.5. The molecule has 0 bridgehead atoms. The smallest absolute Gasteiger partial charge is 0.253 e. The van der Waals surface area contributed by atoms with Gasteiger partial charge in [0.2, 0.25) is 0 Å². The van der Waals surface area contributed by atoms with E-state index < -0.39 is 10.9 Å². The van der Waals surface area contributed by atoms with E-state index in [0.717, 1.165) is 18.8 Å². The average Bonchev–Trinajstić information content (AvgIpc) is 2.91. The first-order valence-corrected chi connectivity index (χ1v) is 13.3. The predicted molar refractivity (Wildman–Crippen MR) is 147 cm³/mol. The average molecular weight is 504 g/mol. The van der Waals surface area contributed by atoms with Crippen molar-refractivity contribution in [2.24, 2.45) is 11.7 Å². The van der Waals surface area contributed by atoms with E-state index in [1.807, 2.05) is 23.1 Å². The van der Waals surface area contributed by atoms with E-state index in [-0.39, 0.29) is 12.7 Å². The molecule has 0 spiro atoms. The molecule has 8 nitrogen and oxygen atoms in total. The first-order valence-electron chi connectivity index (χ1n) is 13.3. The number of benzene rings is 1. The van der Waals surface area contributed by atoms with Gasteiger partial charge in [0.25, 0.3) is 10.9 Å². The van der Waals surface area contributed by atoms with Crippen LogP contribution in [0.3, 0.4) is 0 Å². The molecule has 4 N–H and O–H groups in total. The Kier molecular flexibility index (Phi) is 14.4. The monoisotopic (exact) mass is 503 g/mol. The molecular weight excluding hydrogens is 458 g/mol. The number of nitrogens with one attached hydrogen (secondary N) is 1. The largest absolute Gasteiger partial charge is 0.396 e. The van der Waals surface area contributed by atoms with E-state index in [4.69, 9.17) is 15.6 Å². The van der Waals surface area contributed by atoms with Crippen LogP contribution in [-0.2, 0) is 15.9 Å². The van der Waals surface area contributed by atoms with Crippen molar-refractivity contribution in [2.45, 2.75) is 58.0 Å². The zero-order valence-electron chi connectivity index (χ0n) is 22.0. The van der Waals surface area contributed by atoms with Gasteiger partial charge in [-0.25, -0.2) is 0 Å². The van der Waals surface area contributed by atoms with E-state index in [2.05, 4.69) is 29.1 Å². The van der Waals surface area contributed by atoms with Gasteiger partial charge in [0.15, 0.2) is 0 Å². The molecule has 1 saturated heterocycles. The molecular formula is C28H45N3O5. The van der Waals surface area contributed by atoms with Gasteiger partial charge in [-0.2, -0.15) is 0 Å². The molecule has 4 rings (SSSR count). The molecule has 36 heavy (non-hydrogen) atoms. The minimum Gasteiger partial charge on any atom is -0.396 e. The second kappa shape index (κ2) is 17.2. The molecule has 1 aliphatic heterocycles. The van der Waals surface area contributed by atoms with Crippen molar-refractivity contribution in [1.82, 2.24) is 0 Å². The topological polar surface area (TPSA) is 114 Å². The number of morpholine rings is 1. The lowest BCUT2D eigenvalue weighted by molar-refractivity contribution is 0.0410. The SMILES string of the molecule is CC1CCCCC1.COCCCO.NCCNc1c(N2CCOC(Cc3ccccc3)C2)c(=O)c1=O. The Morgan fingerprint density at radius 1 is 1.14 bits per heavy atom. The summed E-state index contributed by atoms with van der Waals surface area (Å²) in [7, 11) is 1.62. The van der Waals surface area contributed by atoms with Gasteiger partial charge < -0.3 is 30.5 Å². The van der Waals surface area contributed by atoms with Gasteiger partial charge in [-0.1, -0.05) is 69.4 Å². The molecule has 1 atom stereocenters. The van der Waals surface area contributed by atoms with Gasteiger partial charge in [-0.15, -0.1) is 0 Å². The lowest BCUT2D eigenvalue weighted by Crippen LogP contribution is -2.50. The van der Waals surface area contributed by atoms with E-state index >= 15 is 0 Å². The van der Waals surface area contributed by atoms with E-state index in [1.54, 1.807) is 7.11 Å². The molecule has 2 aromatic rings. The van der Waals surface area contributed by atoms with Crippen molar-refractivity contribution < 1.29 is 14.6 Å². The summed E-state index contributed by atoms with van der Waals surface area (Å²) in [6.45, 7) is 5.92. The summed E-state index contributed by atoms with van der Waals surface area (Å²) in [6, 6.07) is 10.1. The lowest BCUT2D eigenvalue weighted by Gasteiger charge is -2.35. The number of hydrogen-bond donors (Lipinski definition) is 3. The molecule has 1 unspecified atom stereocenters. The third-order valence-electron chi connectivity index (χ3n) is 6.49. The summed E-state index contributed by atoms with van der Waals surface area (Å²) in [5, 5.41) is 11.1. The Balaban J connectivity index is 0.000000288. The van der Waals surface area contributed by atoms with Gasteiger partial charge in [0, 0.05) is 52.9 Å². The Labute approximate surface area is 215 Å². The van der Waals surface area contributed by atoms with Crippen LogP contribution in [0.15, 0.2) is 39.9 Å². The maximum Gasteiger partial charge on any atom is 0.253 e. The van der Waals surface area contributed by atoms with Crippen LogP contribution in [0.25, 0.3) is 0 Å². The number of anilines is 2. The van der Waals surface area contributed by atoms with Crippen LogP contribution in [0, 0.1) is 5.92 Å². The van der Waals surface area contributed by atoms with Crippen molar-refractivity contribution in [3.05, 3.63) is 56.3 Å². The van der Waals surface area contributed by atoms with Crippen molar-refractivity contribution in [2.75, 3.05) is 63.3 Å². The molecule has 0 amide bonds. The highest BCUT2D eigenvalue weighted by Gasteiger charge is 2.30. The third-order valence-corrected chi connectivity index (χ3v) is 6.49. The van der Waals surface area contributed by atoms with E-state index in [1.165, 1.54) is 37.7 Å².